The monoisotopic (exact) mass is 311 g/mol. The molecule has 0 fully saturated rings. The van der Waals surface area contributed by atoms with Gasteiger partial charge in [-0.05, 0) is 24.5 Å². The van der Waals surface area contributed by atoms with Crippen molar-refractivity contribution in [2.75, 3.05) is 0 Å². The Morgan fingerprint density at radius 3 is 1.96 bits per heavy atom. The molecule has 0 amide bonds. The van der Waals surface area contributed by atoms with Gasteiger partial charge < -0.3 is 0 Å². The zero-order chi connectivity index (χ0) is 16.4. The van der Waals surface area contributed by atoms with E-state index < -0.39 is 0 Å². The Hall–Kier alpha value is -1.22. The minimum Gasteiger partial charge on any atom is -0.103 e. The minimum absolute atomic E-state index is 0.971. The van der Waals surface area contributed by atoms with Crippen molar-refractivity contribution in [1.29, 1.82) is 0 Å². The van der Waals surface area contributed by atoms with Gasteiger partial charge in [0.05, 0.1) is 0 Å². The van der Waals surface area contributed by atoms with Gasteiger partial charge >= 0.3 is 0 Å². The molecular weight excluding hydrogens is 276 g/mol. The summed E-state index contributed by atoms with van der Waals surface area (Å²) < 4.78 is 0. The average Bonchev–Trinajstić information content (AvgIpc) is 2.59. The molecule has 0 saturated carbocycles. The van der Waals surface area contributed by atoms with Crippen molar-refractivity contribution in [1.82, 2.24) is 0 Å². The standard InChI is InChI=1S/C23H35/c1-2-3-4-5-6-7-8-9-10-11-12-13-14-15-17-20-23-21-18-16-19-22-23/h16,18-19,21H,2-13,17,20H2,1H3. The Bertz CT molecular complexity index is 407. The molecule has 1 rings (SSSR count). The second-order valence-corrected chi connectivity index (χ2v) is 6.53. The maximum Gasteiger partial charge on any atom is 0.0129 e. The van der Waals surface area contributed by atoms with E-state index in [0.29, 0.717) is 0 Å². The first-order valence-electron chi connectivity index (χ1n) is 9.85. The molecule has 1 aromatic carbocycles. The number of benzene rings is 1. The molecule has 0 N–H and O–H groups in total. The molecule has 0 aliphatic heterocycles. The van der Waals surface area contributed by atoms with Crippen molar-refractivity contribution in [2.45, 2.75) is 96.8 Å². The lowest BCUT2D eigenvalue weighted by molar-refractivity contribution is 0.551. The topological polar surface area (TPSA) is 0 Å². The summed E-state index contributed by atoms with van der Waals surface area (Å²) in [5, 5.41) is 0. The molecule has 1 radical (unpaired) electrons. The number of rotatable bonds is 13. The summed E-state index contributed by atoms with van der Waals surface area (Å²) in [6, 6.07) is 11.5. The molecule has 0 heteroatoms. The van der Waals surface area contributed by atoms with Crippen LogP contribution in [0.25, 0.3) is 0 Å². The van der Waals surface area contributed by atoms with Crippen molar-refractivity contribution in [3.05, 3.63) is 35.9 Å². The Morgan fingerprint density at radius 1 is 0.739 bits per heavy atom. The highest BCUT2D eigenvalue weighted by Crippen LogP contribution is 2.11. The quantitative estimate of drug-likeness (QED) is 0.268. The largest absolute Gasteiger partial charge is 0.103 e. The van der Waals surface area contributed by atoms with Gasteiger partial charge in [-0.3, -0.25) is 0 Å². The van der Waals surface area contributed by atoms with Crippen molar-refractivity contribution >= 4 is 0 Å². The third-order valence-corrected chi connectivity index (χ3v) is 4.32. The van der Waals surface area contributed by atoms with Crippen LogP contribution in [0.5, 0.6) is 0 Å². The van der Waals surface area contributed by atoms with Crippen molar-refractivity contribution in [3.63, 3.8) is 0 Å². The molecule has 0 saturated heterocycles. The fourth-order valence-electron chi connectivity index (χ4n) is 2.84. The lowest BCUT2D eigenvalue weighted by Gasteiger charge is -2.01. The number of hydrogen-bond donors (Lipinski definition) is 0. The summed E-state index contributed by atoms with van der Waals surface area (Å²) in [7, 11) is 0. The van der Waals surface area contributed by atoms with E-state index in [2.05, 4.69) is 37.0 Å². The van der Waals surface area contributed by atoms with Crippen molar-refractivity contribution in [3.8, 4) is 11.8 Å². The number of hydrogen-bond acceptors (Lipinski definition) is 0. The van der Waals surface area contributed by atoms with Crippen LogP contribution in [0, 0.1) is 17.9 Å². The predicted molar refractivity (Wildman–Crippen MR) is 102 cm³/mol. The molecule has 0 aliphatic rings. The molecule has 0 unspecified atom stereocenters. The Kier molecular flexibility index (Phi) is 13.5. The molecule has 1 aromatic rings. The molecule has 0 bridgehead atoms. The third kappa shape index (κ3) is 13.0. The van der Waals surface area contributed by atoms with Crippen LogP contribution in [0.1, 0.15) is 96.0 Å². The highest BCUT2D eigenvalue weighted by Gasteiger charge is 1.92. The zero-order valence-electron chi connectivity index (χ0n) is 15.2. The Labute approximate surface area is 145 Å². The van der Waals surface area contributed by atoms with E-state index in [-0.39, 0.29) is 0 Å². The van der Waals surface area contributed by atoms with Crippen LogP contribution in [0.4, 0.5) is 0 Å². The van der Waals surface area contributed by atoms with Crippen LogP contribution in [0.3, 0.4) is 0 Å². The van der Waals surface area contributed by atoms with Gasteiger partial charge in [-0.15, -0.1) is 11.8 Å². The van der Waals surface area contributed by atoms with Crippen LogP contribution in [0.2, 0.25) is 0 Å². The highest BCUT2D eigenvalue weighted by atomic mass is 14.0. The normalized spacial score (nSPS) is 10.3. The molecule has 0 heterocycles. The van der Waals surface area contributed by atoms with E-state index in [9.17, 15) is 0 Å². The van der Waals surface area contributed by atoms with Gasteiger partial charge in [0, 0.05) is 12.8 Å². The van der Waals surface area contributed by atoms with E-state index in [1.54, 1.807) is 0 Å². The highest BCUT2D eigenvalue weighted by molar-refractivity contribution is 5.14. The van der Waals surface area contributed by atoms with E-state index >= 15 is 0 Å². The van der Waals surface area contributed by atoms with Crippen LogP contribution < -0.4 is 0 Å². The fraction of sp³-hybridized carbons (Fsp3) is 0.652. The predicted octanol–water partition coefficient (Wildman–Crippen LogP) is 7.12. The van der Waals surface area contributed by atoms with Crippen molar-refractivity contribution < 1.29 is 0 Å². The maximum atomic E-state index is 3.32. The second-order valence-electron chi connectivity index (χ2n) is 6.53. The number of unbranched alkanes of at least 4 members (excludes halogenated alkanes) is 11. The van der Waals surface area contributed by atoms with Crippen LogP contribution in [0.15, 0.2) is 24.3 Å². The molecule has 127 valence electrons. The summed E-state index contributed by atoms with van der Waals surface area (Å²) in [6.45, 7) is 2.28. The van der Waals surface area contributed by atoms with Gasteiger partial charge in [-0.2, -0.15) is 0 Å². The van der Waals surface area contributed by atoms with E-state index in [4.69, 9.17) is 0 Å². The van der Waals surface area contributed by atoms with Crippen molar-refractivity contribution in [2.24, 2.45) is 0 Å². The van der Waals surface area contributed by atoms with Gasteiger partial charge in [-0.25, -0.2) is 0 Å². The summed E-state index contributed by atoms with van der Waals surface area (Å²) in [5.41, 5.74) is 1.27. The van der Waals surface area contributed by atoms with E-state index in [0.717, 1.165) is 19.3 Å². The molecule has 0 aromatic heterocycles. The van der Waals surface area contributed by atoms with Gasteiger partial charge in [0.25, 0.3) is 0 Å². The lowest BCUT2D eigenvalue weighted by Crippen LogP contribution is -1.83. The van der Waals surface area contributed by atoms with Crippen LogP contribution >= 0.6 is 0 Å². The van der Waals surface area contributed by atoms with Gasteiger partial charge in [0.1, 0.15) is 0 Å². The van der Waals surface area contributed by atoms with Gasteiger partial charge in [-0.1, -0.05) is 95.4 Å². The Morgan fingerprint density at radius 2 is 1.35 bits per heavy atom. The minimum atomic E-state index is 0.971. The smallest absolute Gasteiger partial charge is 0.0129 e. The third-order valence-electron chi connectivity index (χ3n) is 4.32. The lowest BCUT2D eigenvalue weighted by atomic mass is 10.1. The first-order valence-corrected chi connectivity index (χ1v) is 9.85. The molecular formula is C23H35. The van der Waals surface area contributed by atoms with E-state index in [1.807, 2.05) is 12.1 Å². The summed E-state index contributed by atoms with van der Waals surface area (Å²) >= 11 is 0. The molecule has 0 atom stereocenters. The van der Waals surface area contributed by atoms with Crippen LogP contribution in [-0.2, 0) is 6.42 Å². The van der Waals surface area contributed by atoms with Crippen LogP contribution in [-0.4, -0.2) is 0 Å². The Balaban J connectivity index is 1.80. The fourth-order valence-corrected chi connectivity index (χ4v) is 2.84. The molecule has 0 nitrogen and oxygen atoms in total. The number of aryl methyl sites for hydroxylation is 1. The zero-order valence-corrected chi connectivity index (χ0v) is 15.2. The second kappa shape index (κ2) is 15.7. The summed E-state index contributed by atoms with van der Waals surface area (Å²) in [5.74, 6) is 6.62. The van der Waals surface area contributed by atoms with Gasteiger partial charge in [0.15, 0.2) is 0 Å². The summed E-state index contributed by atoms with van der Waals surface area (Å²) in [6.07, 6.45) is 18.5. The average molecular weight is 312 g/mol. The molecule has 0 spiro atoms. The SMILES string of the molecule is CCCCCCCCCCCCCC#CCCc1[c]cccc1. The first kappa shape index (κ1) is 19.8. The van der Waals surface area contributed by atoms with Gasteiger partial charge in [0.2, 0.25) is 0 Å². The molecule has 0 aliphatic carbocycles. The first-order chi connectivity index (χ1) is 11.4. The molecule has 23 heavy (non-hydrogen) atoms. The van der Waals surface area contributed by atoms with E-state index in [1.165, 1.54) is 76.2 Å². The summed E-state index contributed by atoms with van der Waals surface area (Å²) in [4.78, 5) is 0. The maximum absolute atomic E-state index is 3.32.